The standard InChI is InChI=1S/C8H7N5O2/c9-3-6-5(4-10-12-6)8-11-7(1-2-14)13-15-8/h4,14H,1-2H2,(H,10,12). The molecule has 2 aromatic rings. The number of nitrogens with one attached hydrogen (secondary N) is 1. The number of nitriles is 1. The lowest BCUT2D eigenvalue weighted by Gasteiger charge is -1.86. The summed E-state index contributed by atoms with van der Waals surface area (Å²) in [5.41, 5.74) is 0.739. The van der Waals surface area contributed by atoms with E-state index < -0.39 is 0 Å². The van der Waals surface area contributed by atoms with Gasteiger partial charge in [0.1, 0.15) is 11.8 Å². The van der Waals surface area contributed by atoms with Crippen molar-refractivity contribution >= 4 is 0 Å². The molecule has 2 N–H and O–H groups in total. The summed E-state index contributed by atoms with van der Waals surface area (Å²) >= 11 is 0. The quantitative estimate of drug-likeness (QED) is 0.721. The van der Waals surface area contributed by atoms with Crippen LogP contribution in [0.2, 0.25) is 0 Å². The molecule has 76 valence electrons. The van der Waals surface area contributed by atoms with Crippen LogP contribution in [0.15, 0.2) is 10.7 Å². The molecule has 0 spiro atoms. The molecule has 2 aromatic heterocycles. The Morgan fingerprint density at radius 3 is 3.20 bits per heavy atom. The molecule has 0 bridgehead atoms. The molecule has 0 fully saturated rings. The van der Waals surface area contributed by atoms with Gasteiger partial charge < -0.3 is 9.63 Å². The zero-order chi connectivity index (χ0) is 10.7. The first kappa shape index (κ1) is 9.36. The molecule has 0 saturated carbocycles. The number of aliphatic hydroxyl groups excluding tert-OH is 1. The third kappa shape index (κ3) is 1.70. The number of hydrogen-bond acceptors (Lipinski definition) is 6. The number of rotatable bonds is 3. The summed E-state index contributed by atoms with van der Waals surface area (Å²) in [6, 6.07) is 1.92. The Balaban J connectivity index is 2.34. The Hall–Kier alpha value is -2.20. The van der Waals surface area contributed by atoms with Crippen molar-refractivity contribution in [3.05, 3.63) is 17.7 Å². The van der Waals surface area contributed by atoms with Gasteiger partial charge in [-0.15, -0.1) is 0 Å². The maximum Gasteiger partial charge on any atom is 0.262 e. The number of H-pyrrole nitrogens is 1. The van der Waals surface area contributed by atoms with E-state index in [-0.39, 0.29) is 18.2 Å². The first-order valence-corrected chi connectivity index (χ1v) is 4.22. The van der Waals surface area contributed by atoms with Crippen LogP contribution in [0.5, 0.6) is 0 Å². The van der Waals surface area contributed by atoms with Gasteiger partial charge in [-0.25, -0.2) is 0 Å². The van der Waals surface area contributed by atoms with Gasteiger partial charge in [0.05, 0.1) is 18.4 Å². The van der Waals surface area contributed by atoms with E-state index in [0.29, 0.717) is 17.8 Å². The Morgan fingerprint density at radius 2 is 2.47 bits per heavy atom. The fraction of sp³-hybridized carbons (Fsp3) is 0.250. The molecule has 2 rings (SSSR count). The van der Waals surface area contributed by atoms with Gasteiger partial charge in [-0.2, -0.15) is 15.3 Å². The molecule has 0 atom stereocenters. The molecule has 7 nitrogen and oxygen atoms in total. The maximum absolute atomic E-state index is 8.73. The Bertz CT molecular complexity index is 495. The van der Waals surface area contributed by atoms with Gasteiger partial charge in [0.15, 0.2) is 5.82 Å². The predicted octanol–water partition coefficient (Wildman–Crippen LogP) is -0.134. The van der Waals surface area contributed by atoms with Gasteiger partial charge in [-0.05, 0) is 0 Å². The van der Waals surface area contributed by atoms with Crippen LogP contribution >= 0.6 is 0 Å². The molecular weight excluding hydrogens is 198 g/mol. The summed E-state index contributed by atoms with van der Waals surface area (Å²) in [5.74, 6) is 0.626. The van der Waals surface area contributed by atoms with Crippen LogP contribution in [0.1, 0.15) is 11.5 Å². The van der Waals surface area contributed by atoms with Crippen molar-refractivity contribution in [3.63, 3.8) is 0 Å². The summed E-state index contributed by atoms with van der Waals surface area (Å²) in [7, 11) is 0. The van der Waals surface area contributed by atoms with Gasteiger partial charge in [0, 0.05) is 6.42 Å². The topological polar surface area (TPSA) is 112 Å². The van der Waals surface area contributed by atoms with Gasteiger partial charge in [0.25, 0.3) is 5.89 Å². The van der Waals surface area contributed by atoms with Crippen molar-refractivity contribution in [1.82, 2.24) is 20.3 Å². The molecule has 0 aromatic carbocycles. The van der Waals surface area contributed by atoms with Gasteiger partial charge >= 0.3 is 0 Å². The van der Waals surface area contributed by atoms with E-state index >= 15 is 0 Å². The summed E-state index contributed by atoms with van der Waals surface area (Å²) < 4.78 is 4.92. The summed E-state index contributed by atoms with van der Waals surface area (Å²) in [5, 5.41) is 27.2. The highest BCUT2D eigenvalue weighted by Gasteiger charge is 2.14. The maximum atomic E-state index is 8.73. The van der Waals surface area contributed by atoms with Crippen molar-refractivity contribution in [2.75, 3.05) is 6.61 Å². The number of hydrogen-bond donors (Lipinski definition) is 2. The van der Waals surface area contributed by atoms with Gasteiger partial charge in [-0.1, -0.05) is 5.16 Å². The predicted molar refractivity (Wildman–Crippen MR) is 47.4 cm³/mol. The van der Waals surface area contributed by atoms with E-state index in [4.69, 9.17) is 14.9 Å². The van der Waals surface area contributed by atoms with Gasteiger partial charge in [0.2, 0.25) is 0 Å². The number of aliphatic hydroxyl groups is 1. The van der Waals surface area contributed by atoms with E-state index in [1.54, 1.807) is 0 Å². The highest BCUT2D eigenvalue weighted by molar-refractivity contribution is 5.58. The summed E-state index contributed by atoms with van der Waals surface area (Å²) in [6.45, 7) is -0.0462. The van der Waals surface area contributed by atoms with Crippen LogP contribution < -0.4 is 0 Å². The van der Waals surface area contributed by atoms with Crippen LogP contribution in [0, 0.1) is 11.3 Å². The molecule has 15 heavy (non-hydrogen) atoms. The second-order valence-corrected chi connectivity index (χ2v) is 2.76. The Morgan fingerprint density at radius 1 is 1.60 bits per heavy atom. The second kappa shape index (κ2) is 3.89. The summed E-state index contributed by atoms with van der Waals surface area (Å²) in [6.07, 6.45) is 1.76. The highest BCUT2D eigenvalue weighted by Crippen LogP contribution is 2.18. The zero-order valence-corrected chi connectivity index (χ0v) is 7.64. The van der Waals surface area contributed by atoms with Crippen LogP contribution in [-0.4, -0.2) is 32.1 Å². The molecule has 0 unspecified atom stereocenters. The smallest absolute Gasteiger partial charge is 0.262 e. The molecule has 0 radical (unpaired) electrons. The Kier molecular flexibility index (Phi) is 2.43. The minimum Gasteiger partial charge on any atom is -0.396 e. The van der Waals surface area contributed by atoms with Crippen molar-refractivity contribution in [1.29, 1.82) is 5.26 Å². The van der Waals surface area contributed by atoms with Crippen molar-refractivity contribution in [3.8, 4) is 17.5 Å². The fourth-order valence-electron chi connectivity index (χ4n) is 1.10. The monoisotopic (exact) mass is 205 g/mol. The molecule has 0 aliphatic carbocycles. The van der Waals surface area contributed by atoms with E-state index in [1.165, 1.54) is 6.20 Å². The van der Waals surface area contributed by atoms with Crippen molar-refractivity contribution in [2.24, 2.45) is 0 Å². The van der Waals surface area contributed by atoms with E-state index in [2.05, 4.69) is 20.3 Å². The first-order valence-electron chi connectivity index (χ1n) is 4.22. The second-order valence-electron chi connectivity index (χ2n) is 2.76. The average Bonchev–Trinajstić information content (AvgIpc) is 2.84. The normalized spacial score (nSPS) is 10.1. The molecule has 0 aliphatic heterocycles. The molecule has 0 saturated heterocycles. The third-order valence-corrected chi connectivity index (χ3v) is 1.79. The van der Waals surface area contributed by atoms with Crippen LogP contribution in [-0.2, 0) is 6.42 Å². The van der Waals surface area contributed by atoms with Crippen molar-refractivity contribution < 1.29 is 9.63 Å². The summed E-state index contributed by atoms with van der Waals surface area (Å²) in [4.78, 5) is 4.00. The average molecular weight is 205 g/mol. The zero-order valence-electron chi connectivity index (χ0n) is 7.64. The lowest BCUT2D eigenvalue weighted by atomic mass is 10.2. The molecule has 2 heterocycles. The lowest BCUT2D eigenvalue weighted by molar-refractivity contribution is 0.293. The van der Waals surface area contributed by atoms with E-state index in [1.807, 2.05) is 6.07 Å². The highest BCUT2D eigenvalue weighted by atomic mass is 16.5. The van der Waals surface area contributed by atoms with E-state index in [0.717, 1.165) is 0 Å². The Labute approximate surface area is 84.4 Å². The van der Waals surface area contributed by atoms with Gasteiger partial charge in [-0.3, -0.25) is 5.10 Å². The van der Waals surface area contributed by atoms with E-state index in [9.17, 15) is 0 Å². The van der Waals surface area contributed by atoms with Crippen LogP contribution in [0.3, 0.4) is 0 Å². The lowest BCUT2D eigenvalue weighted by Crippen LogP contribution is -1.92. The van der Waals surface area contributed by atoms with Crippen LogP contribution in [0.4, 0.5) is 0 Å². The fourth-order valence-corrected chi connectivity index (χ4v) is 1.10. The first-order chi connectivity index (χ1) is 7.35. The number of aromatic amines is 1. The number of aromatic nitrogens is 4. The third-order valence-electron chi connectivity index (χ3n) is 1.79. The SMILES string of the molecule is N#Cc1[nH]ncc1-c1nc(CCO)no1. The molecule has 7 heteroatoms. The largest absolute Gasteiger partial charge is 0.396 e. The minimum atomic E-state index is -0.0462. The number of nitrogens with zero attached hydrogens (tertiary/aromatic N) is 4. The van der Waals surface area contributed by atoms with Crippen LogP contribution in [0.25, 0.3) is 11.5 Å². The minimum absolute atomic E-state index is 0.0462. The molecule has 0 aliphatic rings. The molecular formula is C8H7N5O2. The van der Waals surface area contributed by atoms with Crippen molar-refractivity contribution in [2.45, 2.75) is 6.42 Å². The molecule has 0 amide bonds.